The quantitative estimate of drug-likeness (QED) is 0.585. The maximum absolute atomic E-state index is 13.1. The highest BCUT2D eigenvalue weighted by Gasteiger charge is 2.22. The predicted molar refractivity (Wildman–Crippen MR) is 99.1 cm³/mol. The van der Waals surface area contributed by atoms with E-state index in [-0.39, 0.29) is 18.0 Å². The molecule has 1 amide bonds. The van der Waals surface area contributed by atoms with Gasteiger partial charge in [0.1, 0.15) is 5.82 Å². The minimum Gasteiger partial charge on any atom is -0.493 e. The van der Waals surface area contributed by atoms with Crippen molar-refractivity contribution in [3.05, 3.63) is 76.7 Å². The van der Waals surface area contributed by atoms with Crippen LogP contribution in [0.5, 0.6) is 5.88 Å². The first-order chi connectivity index (χ1) is 13.3. The Hall–Kier alpha value is -3.39. The van der Waals surface area contributed by atoms with Crippen molar-refractivity contribution in [1.82, 2.24) is 15.1 Å². The lowest BCUT2D eigenvalue weighted by Gasteiger charge is -2.16. The maximum atomic E-state index is 13.1. The van der Waals surface area contributed by atoms with Gasteiger partial charge in [0.25, 0.3) is 5.91 Å². The molecule has 0 aliphatic heterocycles. The van der Waals surface area contributed by atoms with Crippen LogP contribution in [-0.4, -0.2) is 31.9 Å². The predicted octanol–water partition coefficient (Wildman–Crippen LogP) is 3.32. The van der Waals surface area contributed by atoms with Crippen molar-refractivity contribution in [2.75, 3.05) is 0 Å². The fraction of sp³-hybridized carbons (Fsp3) is 0.105. The Kier molecular flexibility index (Phi) is 5.60. The molecule has 0 bridgehead atoms. The molecule has 0 saturated carbocycles. The number of aliphatic carboxylic acids is 1. The number of carbonyl (C=O) groups is 2. The fourth-order valence-electron chi connectivity index (χ4n) is 2.61. The van der Waals surface area contributed by atoms with Crippen molar-refractivity contribution >= 4 is 23.5 Å². The molecule has 0 radical (unpaired) electrons. The van der Waals surface area contributed by atoms with Gasteiger partial charge in [0.2, 0.25) is 5.88 Å². The van der Waals surface area contributed by atoms with E-state index in [0.29, 0.717) is 16.3 Å². The van der Waals surface area contributed by atoms with E-state index in [0.717, 1.165) is 10.7 Å². The largest absolute Gasteiger partial charge is 0.493 e. The number of carbonyl (C=O) groups excluding carboxylic acids is 1. The molecule has 1 aromatic heterocycles. The van der Waals surface area contributed by atoms with Gasteiger partial charge >= 0.3 is 5.97 Å². The number of aromatic nitrogens is 2. The molecule has 7 nitrogen and oxygen atoms in total. The summed E-state index contributed by atoms with van der Waals surface area (Å²) in [6, 6.07) is 11.9. The molecule has 1 atom stereocenters. The van der Waals surface area contributed by atoms with Crippen LogP contribution in [0.4, 0.5) is 4.39 Å². The van der Waals surface area contributed by atoms with E-state index in [2.05, 4.69) is 10.4 Å². The van der Waals surface area contributed by atoms with Gasteiger partial charge < -0.3 is 15.5 Å². The molecule has 3 rings (SSSR count). The zero-order chi connectivity index (χ0) is 20.3. The molecule has 0 aliphatic carbocycles. The molecule has 0 fully saturated rings. The molecule has 0 spiro atoms. The normalized spacial score (nSPS) is 11.8. The number of nitrogens with one attached hydrogen (secondary N) is 1. The molecule has 2 aromatic carbocycles. The van der Waals surface area contributed by atoms with Gasteiger partial charge in [-0.1, -0.05) is 23.7 Å². The number of halogens is 2. The zero-order valence-electron chi connectivity index (χ0n) is 14.3. The van der Waals surface area contributed by atoms with E-state index in [1.54, 1.807) is 24.3 Å². The summed E-state index contributed by atoms with van der Waals surface area (Å²) in [7, 11) is 0. The van der Waals surface area contributed by atoms with E-state index >= 15 is 0 Å². The number of nitrogens with zero attached hydrogens (tertiary/aromatic N) is 2. The lowest BCUT2D eigenvalue weighted by Crippen LogP contribution is -2.30. The third kappa shape index (κ3) is 4.47. The van der Waals surface area contributed by atoms with E-state index < -0.39 is 23.7 Å². The minimum atomic E-state index is -1.10. The summed E-state index contributed by atoms with van der Waals surface area (Å²) in [5.41, 5.74) is 0.797. The third-order valence-corrected chi connectivity index (χ3v) is 4.20. The van der Waals surface area contributed by atoms with Gasteiger partial charge in [-0.2, -0.15) is 5.10 Å². The highest BCUT2D eigenvalue weighted by Crippen LogP contribution is 2.22. The highest BCUT2D eigenvalue weighted by atomic mass is 35.5. The lowest BCUT2D eigenvalue weighted by molar-refractivity contribution is -0.137. The van der Waals surface area contributed by atoms with E-state index in [9.17, 15) is 19.1 Å². The Bertz CT molecular complexity index is 1000. The summed E-state index contributed by atoms with van der Waals surface area (Å²) in [5.74, 6) is -2.54. The summed E-state index contributed by atoms with van der Waals surface area (Å²) in [5, 5.41) is 26.3. The average Bonchev–Trinajstić information content (AvgIpc) is 3.04. The monoisotopic (exact) mass is 403 g/mol. The first kappa shape index (κ1) is 19.4. The molecule has 0 aliphatic rings. The van der Waals surface area contributed by atoms with Crippen LogP contribution >= 0.6 is 11.6 Å². The molecule has 0 saturated heterocycles. The third-order valence-electron chi connectivity index (χ3n) is 3.95. The summed E-state index contributed by atoms with van der Waals surface area (Å²) >= 11 is 5.84. The fourth-order valence-corrected chi connectivity index (χ4v) is 2.73. The van der Waals surface area contributed by atoms with Crippen LogP contribution in [0.25, 0.3) is 5.69 Å². The van der Waals surface area contributed by atoms with Gasteiger partial charge in [0, 0.05) is 11.1 Å². The number of benzene rings is 2. The zero-order valence-corrected chi connectivity index (χ0v) is 15.1. The number of aromatic hydroxyl groups is 1. The standard InChI is InChI=1S/C19H15ClFN3O4/c20-12-3-1-11(2-4-12)15(10-18(26)27)22-19(28)16-9-17(25)24(23-16)14-7-5-13(21)6-8-14/h1-9,15,25H,10H2,(H,22,28)(H,26,27)/t15-/m0/s1. The van der Waals surface area contributed by atoms with Crippen molar-refractivity contribution in [3.63, 3.8) is 0 Å². The maximum Gasteiger partial charge on any atom is 0.305 e. The van der Waals surface area contributed by atoms with Crippen LogP contribution < -0.4 is 5.32 Å². The average molecular weight is 404 g/mol. The number of carboxylic acid groups (broad SMARTS) is 1. The smallest absolute Gasteiger partial charge is 0.305 e. The SMILES string of the molecule is O=C(O)C[C@H](NC(=O)c1cc(O)n(-c2ccc(F)cc2)n1)c1ccc(Cl)cc1. The number of hydrogen-bond acceptors (Lipinski definition) is 4. The summed E-state index contributed by atoms with van der Waals surface area (Å²) in [4.78, 5) is 23.7. The van der Waals surface area contributed by atoms with Crippen LogP contribution in [0.1, 0.15) is 28.5 Å². The Morgan fingerprint density at radius 1 is 1.14 bits per heavy atom. The number of carboxylic acids is 1. The molecular formula is C19H15ClFN3O4. The summed E-state index contributed by atoms with van der Waals surface area (Å²) < 4.78 is 14.1. The Morgan fingerprint density at radius 2 is 1.79 bits per heavy atom. The van der Waals surface area contributed by atoms with Gasteiger partial charge in [0.05, 0.1) is 18.2 Å². The van der Waals surface area contributed by atoms with Crippen molar-refractivity contribution < 1.29 is 24.2 Å². The van der Waals surface area contributed by atoms with Crippen LogP contribution in [0.15, 0.2) is 54.6 Å². The van der Waals surface area contributed by atoms with Crippen LogP contribution in [0.2, 0.25) is 5.02 Å². The first-order valence-corrected chi connectivity index (χ1v) is 8.54. The molecule has 0 unspecified atom stereocenters. The van der Waals surface area contributed by atoms with Crippen LogP contribution in [0, 0.1) is 5.82 Å². The Balaban J connectivity index is 1.83. The molecule has 3 N–H and O–H groups in total. The van der Waals surface area contributed by atoms with Crippen LogP contribution in [0.3, 0.4) is 0 Å². The highest BCUT2D eigenvalue weighted by molar-refractivity contribution is 6.30. The lowest BCUT2D eigenvalue weighted by atomic mass is 10.0. The number of hydrogen-bond donors (Lipinski definition) is 3. The van der Waals surface area contributed by atoms with Crippen molar-refractivity contribution in [1.29, 1.82) is 0 Å². The van der Waals surface area contributed by atoms with Gasteiger partial charge in [-0.05, 0) is 42.0 Å². The van der Waals surface area contributed by atoms with Gasteiger partial charge in [-0.25, -0.2) is 9.07 Å². The van der Waals surface area contributed by atoms with Gasteiger partial charge in [0.15, 0.2) is 5.69 Å². The second-order valence-electron chi connectivity index (χ2n) is 5.95. The van der Waals surface area contributed by atoms with E-state index in [1.807, 2.05) is 0 Å². The molecule has 144 valence electrons. The second kappa shape index (κ2) is 8.10. The van der Waals surface area contributed by atoms with Gasteiger partial charge in [-0.15, -0.1) is 0 Å². The van der Waals surface area contributed by atoms with Gasteiger partial charge in [-0.3, -0.25) is 9.59 Å². The molecule has 3 aromatic rings. The summed E-state index contributed by atoms with van der Waals surface area (Å²) in [6.45, 7) is 0. The minimum absolute atomic E-state index is 0.119. The van der Waals surface area contributed by atoms with E-state index in [4.69, 9.17) is 16.7 Å². The molecular weight excluding hydrogens is 389 g/mol. The first-order valence-electron chi connectivity index (χ1n) is 8.16. The molecule has 28 heavy (non-hydrogen) atoms. The topological polar surface area (TPSA) is 104 Å². The van der Waals surface area contributed by atoms with Crippen molar-refractivity contribution in [3.8, 4) is 11.6 Å². The Morgan fingerprint density at radius 3 is 2.39 bits per heavy atom. The molecule has 9 heteroatoms. The number of rotatable bonds is 6. The second-order valence-corrected chi connectivity index (χ2v) is 6.39. The molecule has 1 heterocycles. The van der Waals surface area contributed by atoms with E-state index in [1.165, 1.54) is 24.3 Å². The van der Waals surface area contributed by atoms with Crippen molar-refractivity contribution in [2.45, 2.75) is 12.5 Å². The number of amides is 1. The van der Waals surface area contributed by atoms with Crippen molar-refractivity contribution in [2.24, 2.45) is 0 Å². The summed E-state index contributed by atoms with van der Waals surface area (Å²) in [6.07, 6.45) is -0.349. The Labute approximate surface area is 164 Å². The van der Waals surface area contributed by atoms with Crippen LogP contribution in [-0.2, 0) is 4.79 Å².